The number of anilines is 1. The van der Waals surface area contributed by atoms with Crippen LogP contribution in [0.5, 0.6) is 17.2 Å². The van der Waals surface area contributed by atoms with E-state index in [0.717, 1.165) is 42.0 Å². The van der Waals surface area contributed by atoms with Gasteiger partial charge in [-0.2, -0.15) is 4.98 Å². The first kappa shape index (κ1) is 32.5. The van der Waals surface area contributed by atoms with Gasteiger partial charge in [0.25, 0.3) is 11.8 Å². The molecule has 2 N–H and O–H groups in total. The topological polar surface area (TPSA) is 179 Å². The SMILES string of the molecule is Cc1nc(-c2ncc(Oc3ccc(C4(c5ccc(O[C@H]6C[C@H](Nc7ccc8c(c7)C(=O)N(C7CCC(=O)NC7=O)C8=O)C6)cc5)CC4)cc3)cn2)no1. The highest BCUT2D eigenvalue weighted by molar-refractivity contribution is 6.23. The van der Waals surface area contributed by atoms with Crippen LogP contribution in [0.3, 0.4) is 0 Å². The second-order valence-electron chi connectivity index (χ2n) is 13.9. The lowest BCUT2D eigenvalue weighted by molar-refractivity contribution is -0.136. The van der Waals surface area contributed by atoms with E-state index in [1.54, 1.807) is 37.5 Å². The molecular weight excluding hydrogens is 678 g/mol. The van der Waals surface area contributed by atoms with Crippen molar-refractivity contribution in [1.29, 1.82) is 0 Å². The number of hydrogen-bond acceptors (Lipinski definition) is 12. The van der Waals surface area contributed by atoms with Crippen molar-refractivity contribution in [3.05, 3.63) is 107 Å². The number of carbonyl (C=O) groups is 4. The third-order valence-electron chi connectivity index (χ3n) is 10.4. The summed E-state index contributed by atoms with van der Waals surface area (Å²) in [5, 5.41) is 9.50. The van der Waals surface area contributed by atoms with Crippen molar-refractivity contribution in [2.24, 2.45) is 0 Å². The van der Waals surface area contributed by atoms with E-state index in [-0.39, 0.29) is 41.5 Å². The van der Waals surface area contributed by atoms with Crippen LogP contribution in [0, 0.1) is 6.92 Å². The van der Waals surface area contributed by atoms with Gasteiger partial charge in [-0.1, -0.05) is 29.4 Å². The second kappa shape index (κ2) is 12.7. The smallest absolute Gasteiger partial charge is 0.262 e. The summed E-state index contributed by atoms with van der Waals surface area (Å²) >= 11 is 0. The number of nitrogens with one attached hydrogen (secondary N) is 2. The van der Waals surface area contributed by atoms with E-state index in [2.05, 4.69) is 55.0 Å². The van der Waals surface area contributed by atoms with E-state index in [1.807, 2.05) is 24.3 Å². The molecule has 3 aromatic carbocycles. The van der Waals surface area contributed by atoms with Crippen LogP contribution in [0.1, 0.15) is 76.3 Å². The van der Waals surface area contributed by atoms with Crippen molar-refractivity contribution in [2.75, 3.05) is 5.32 Å². The van der Waals surface area contributed by atoms with Crippen LogP contribution in [0.25, 0.3) is 11.6 Å². The summed E-state index contributed by atoms with van der Waals surface area (Å²) in [5.74, 6) is 1.07. The minimum Gasteiger partial charge on any atom is -0.490 e. The molecule has 0 radical (unpaired) electrons. The predicted molar refractivity (Wildman–Crippen MR) is 187 cm³/mol. The summed E-state index contributed by atoms with van der Waals surface area (Å²) < 4.78 is 17.2. The molecule has 2 aliphatic carbocycles. The van der Waals surface area contributed by atoms with Crippen LogP contribution in [0.15, 0.2) is 83.6 Å². The molecule has 53 heavy (non-hydrogen) atoms. The number of imide groups is 2. The average Bonchev–Trinajstić information content (AvgIpc) is 3.78. The largest absolute Gasteiger partial charge is 0.490 e. The van der Waals surface area contributed by atoms with Crippen molar-refractivity contribution < 1.29 is 33.2 Å². The molecule has 1 saturated heterocycles. The Balaban J connectivity index is 0.773. The minimum atomic E-state index is -0.987. The highest BCUT2D eigenvalue weighted by atomic mass is 16.5. The molecule has 2 aliphatic heterocycles. The average molecular weight is 712 g/mol. The molecule has 14 nitrogen and oxygen atoms in total. The highest BCUT2D eigenvalue weighted by Crippen LogP contribution is 2.54. The number of carbonyl (C=O) groups excluding carboxylic acids is 4. The molecule has 14 heteroatoms. The number of hydrogen-bond donors (Lipinski definition) is 2. The van der Waals surface area contributed by atoms with Crippen LogP contribution in [0.2, 0.25) is 0 Å². The first-order valence-corrected chi connectivity index (χ1v) is 17.5. The zero-order valence-electron chi connectivity index (χ0n) is 28.6. The quantitative estimate of drug-likeness (QED) is 0.183. The van der Waals surface area contributed by atoms with E-state index in [4.69, 9.17) is 14.0 Å². The van der Waals surface area contributed by atoms with Gasteiger partial charge in [0.1, 0.15) is 23.6 Å². The monoisotopic (exact) mass is 711 g/mol. The third kappa shape index (κ3) is 6.05. The number of nitrogens with zero attached hydrogens (tertiary/aromatic N) is 5. The lowest BCUT2D eigenvalue weighted by Crippen LogP contribution is -2.54. The van der Waals surface area contributed by atoms with Gasteiger partial charge in [0.15, 0.2) is 5.75 Å². The molecule has 5 aromatic rings. The van der Waals surface area contributed by atoms with Crippen LogP contribution in [0.4, 0.5) is 5.69 Å². The predicted octanol–water partition coefficient (Wildman–Crippen LogP) is 5.13. The fourth-order valence-corrected chi connectivity index (χ4v) is 7.34. The van der Waals surface area contributed by atoms with Crippen molar-refractivity contribution in [3.63, 3.8) is 0 Å². The second-order valence-corrected chi connectivity index (χ2v) is 13.9. The fraction of sp³-hybridized carbons (Fsp3) is 0.282. The Morgan fingerprint density at radius 2 is 1.51 bits per heavy atom. The molecule has 2 aromatic heterocycles. The lowest BCUT2D eigenvalue weighted by atomic mass is 9.87. The Labute approximate surface area is 302 Å². The van der Waals surface area contributed by atoms with Crippen molar-refractivity contribution in [1.82, 2.24) is 30.3 Å². The van der Waals surface area contributed by atoms with Gasteiger partial charge in [-0.15, -0.1) is 0 Å². The summed E-state index contributed by atoms with van der Waals surface area (Å²) in [5.41, 5.74) is 3.67. The maximum atomic E-state index is 13.2. The van der Waals surface area contributed by atoms with Gasteiger partial charge >= 0.3 is 0 Å². The molecule has 0 spiro atoms. The number of ether oxygens (including phenoxy) is 2. The molecule has 4 heterocycles. The van der Waals surface area contributed by atoms with E-state index < -0.39 is 29.7 Å². The Morgan fingerprint density at radius 1 is 0.830 bits per heavy atom. The minimum absolute atomic E-state index is 0.0310. The Bertz CT molecular complexity index is 2260. The standard InChI is InChI=1S/C39H33N7O7/c1-21-42-35(45-53-21)34-40-19-29(20-41-34)52-27-9-4-23(5-10-27)39(14-15-39)22-2-7-26(8-3-22)51-28-16-25(17-28)43-24-6-11-30-31(18-24)38(50)46(37(30)49)32-12-13-33(47)44-36(32)48/h2-11,18-20,25,28,32,43H,12-17H2,1H3,(H,44,47,48)/t25-,28-,32?. The molecule has 1 atom stereocenters. The molecular formula is C39H33N7O7. The van der Waals surface area contributed by atoms with E-state index in [0.29, 0.717) is 29.0 Å². The lowest BCUT2D eigenvalue weighted by Gasteiger charge is -2.36. The van der Waals surface area contributed by atoms with Crippen LogP contribution in [-0.2, 0) is 15.0 Å². The number of rotatable bonds is 10. The molecule has 1 unspecified atom stereocenters. The number of benzene rings is 3. The summed E-state index contributed by atoms with van der Waals surface area (Å²) in [6.07, 6.45) is 7.09. The van der Waals surface area contributed by atoms with Crippen molar-refractivity contribution in [3.8, 4) is 28.9 Å². The normalized spacial score (nSPS) is 21.5. The van der Waals surface area contributed by atoms with E-state index >= 15 is 0 Å². The van der Waals surface area contributed by atoms with Crippen molar-refractivity contribution in [2.45, 2.75) is 69.1 Å². The summed E-state index contributed by atoms with van der Waals surface area (Å²) in [6, 6.07) is 20.7. The van der Waals surface area contributed by atoms with Crippen molar-refractivity contribution >= 4 is 29.3 Å². The third-order valence-corrected chi connectivity index (χ3v) is 10.4. The van der Waals surface area contributed by atoms with Gasteiger partial charge < -0.3 is 19.3 Å². The number of amides is 4. The van der Waals surface area contributed by atoms with Gasteiger partial charge in [0, 0.05) is 43.3 Å². The Morgan fingerprint density at radius 3 is 2.15 bits per heavy atom. The summed E-state index contributed by atoms with van der Waals surface area (Å²) in [7, 11) is 0. The number of fused-ring (bicyclic) bond motifs is 1. The molecule has 0 bridgehead atoms. The first-order chi connectivity index (χ1) is 25.7. The van der Waals surface area contributed by atoms with Gasteiger partial charge in [-0.05, 0) is 72.9 Å². The first-order valence-electron chi connectivity index (χ1n) is 17.5. The van der Waals surface area contributed by atoms with E-state index in [1.165, 1.54) is 11.1 Å². The van der Waals surface area contributed by atoms with Crippen LogP contribution >= 0.6 is 0 Å². The van der Waals surface area contributed by atoms with Gasteiger partial charge in [-0.25, -0.2) is 9.97 Å². The molecule has 9 rings (SSSR count). The summed E-state index contributed by atoms with van der Waals surface area (Å²) in [6.45, 7) is 1.71. The van der Waals surface area contributed by atoms with Crippen LogP contribution in [-0.4, -0.2) is 66.8 Å². The number of aromatic nitrogens is 4. The Kier molecular flexibility index (Phi) is 7.75. The molecule has 266 valence electrons. The maximum Gasteiger partial charge on any atom is 0.262 e. The highest BCUT2D eigenvalue weighted by Gasteiger charge is 2.46. The van der Waals surface area contributed by atoms with E-state index in [9.17, 15) is 19.2 Å². The zero-order chi connectivity index (χ0) is 36.3. The zero-order valence-corrected chi connectivity index (χ0v) is 28.6. The number of aryl methyl sites for hydroxylation is 1. The Hall–Kier alpha value is -6.44. The van der Waals surface area contributed by atoms with Crippen LogP contribution < -0.4 is 20.1 Å². The van der Waals surface area contributed by atoms with Gasteiger partial charge in [-0.3, -0.25) is 29.4 Å². The molecule has 2 saturated carbocycles. The maximum absolute atomic E-state index is 13.2. The molecule has 4 amide bonds. The summed E-state index contributed by atoms with van der Waals surface area (Å²) in [4.78, 5) is 63.8. The number of piperidine rings is 1. The fourth-order valence-electron chi connectivity index (χ4n) is 7.34. The van der Waals surface area contributed by atoms with Gasteiger partial charge in [0.05, 0.1) is 23.5 Å². The van der Waals surface area contributed by atoms with Gasteiger partial charge in [0.2, 0.25) is 29.4 Å². The molecule has 3 fully saturated rings. The molecule has 4 aliphatic rings.